The second-order valence-electron chi connectivity index (χ2n) is 9.69. The highest BCUT2D eigenvalue weighted by molar-refractivity contribution is 6.08. The Morgan fingerprint density at radius 3 is 2.38 bits per heavy atom. The molecule has 0 fully saturated rings. The number of aliphatic carboxylic acids is 1. The number of hydrogen-bond acceptors (Lipinski definition) is 3. The summed E-state index contributed by atoms with van der Waals surface area (Å²) in [6.07, 6.45) is 8.20. The van der Waals surface area contributed by atoms with Gasteiger partial charge >= 0.3 is 5.97 Å². The lowest BCUT2D eigenvalue weighted by atomic mass is 9.81. The molecular weight excluding hydrogens is 396 g/mol. The van der Waals surface area contributed by atoms with Crippen LogP contribution in [0.25, 0.3) is 0 Å². The average molecular weight is 429 g/mol. The Labute approximate surface area is 191 Å². The van der Waals surface area contributed by atoms with Crippen LogP contribution in [0, 0.1) is 0 Å². The van der Waals surface area contributed by atoms with Gasteiger partial charge in [0.25, 0.3) is 0 Å². The molecule has 0 aliphatic carbocycles. The largest absolute Gasteiger partial charge is 0.481 e. The van der Waals surface area contributed by atoms with E-state index < -0.39 is 5.97 Å². The molecule has 0 saturated carbocycles. The SMILES string of the molecule is CC1(C)C(/C=C/C=C2/N(CCCCC(=O)O)c3ccccc3C2(C)C)=Nc2ccccc21. The summed E-state index contributed by atoms with van der Waals surface area (Å²) in [5, 5.41) is 8.98. The third kappa shape index (κ3) is 3.90. The Morgan fingerprint density at radius 2 is 1.66 bits per heavy atom. The van der Waals surface area contributed by atoms with Gasteiger partial charge in [0.15, 0.2) is 0 Å². The van der Waals surface area contributed by atoms with E-state index in [9.17, 15) is 4.79 Å². The van der Waals surface area contributed by atoms with Gasteiger partial charge in [0.05, 0.1) is 11.4 Å². The van der Waals surface area contributed by atoms with Crippen molar-refractivity contribution in [3.05, 3.63) is 83.6 Å². The van der Waals surface area contributed by atoms with Crippen molar-refractivity contribution in [2.45, 2.75) is 57.8 Å². The minimum Gasteiger partial charge on any atom is -0.481 e. The number of carbonyl (C=O) groups is 1. The number of rotatable bonds is 7. The second-order valence-corrected chi connectivity index (χ2v) is 9.69. The molecule has 0 aromatic heterocycles. The van der Waals surface area contributed by atoms with Gasteiger partial charge in [0.2, 0.25) is 0 Å². The molecular formula is C28H32N2O2. The van der Waals surface area contributed by atoms with Gasteiger partial charge in [0.1, 0.15) is 0 Å². The average Bonchev–Trinajstić information content (AvgIpc) is 3.13. The molecule has 0 saturated heterocycles. The van der Waals surface area contributed by atoms with E-state index in [1.54, 1.807) is 0 Å². The topological polar surface area (TPSA) is 52.9 Å². The van der Waals surface area contributed by atoms with Crippen LogP contribution in [0.2, 0.25) is 0 Å². The fraction of sp³-hybridized carbons (Fsp3) is 0.357. The zero-order valence-electron chi connectivity index (χ0n) is 19.4. The van der Waals surface area contributed by atoms with Crippen molar-refractivity contribution in [1.82, 2.24) is 0 Å². The van der Waals surface area contributed by atoms with Crippen molar-refractivity contribution in [1.29, 1.82) is 0 Å². The first-order valence-electron chi connectivity index (χ1n) is 11.4. The molecule has 2 heterocycles. The zero-order valence-corrected chi connectivity index (χ0v) is 19.4. The van der Waals surface area contributed by atoms with Crippen LogP contribution < -0.4 is 4.90 Å². The Morgan fingerprint density at radius 1 is 0.969 bits per heavy atom. The number of carboxylic acid groups (broad SMARTS) is 1. The summed E-state index contributed by atoms with van der Waals surface area (Å²) < 4.78 is 0. The number of hydrogen-bond donors (Lipinski definition) is 1. The van der Waals surface area contributed by atoms with E-state index in [0.29, 0.717) is 6.42 Å². The lowest BCUT2D eigenvalue weighted by molar-refractivity contribution is -0.137. The lowest BCUT2D eigenvalue weighted by Crippen LogP contribution is -2.27. The third-order valence-corrected chi connectivity index (χ3v) is 6.79. The van der Waals surface area contributed by atoms with Crippen molar-refractivity contribution in [2.75, 3.05) is 11.4 Å². The van der Waals surface area contributed by atoms with E-state index in [1.165, 1.54) is 22.5 Å². The summed E-state index contributed by atoms with van der Waals surface area (Å²) in [5.74, 6) is -0.730. The fourth-order valence-electron chi connectivity index (χ4n) is 4.91. The Hall–Kier alpha value is -3.14. The smallest absolute Gasteiger partial charge is 0.303 e. The number of unbranched alkanes of at least 4 members (excludes halogenated alkanes) is 1. The molecule has 0 amide bonds. The maximum atomic E-state index is 10.9. The first-order valence-corrected chi connectivity index (χ1v) is 11.4. The second kappa shape index (κ2) is 8.42. The van der Waals surface area contributed by atoms with E-state index in [4.69, 9.17) is 10.1 Å². The summed E-state index contributed by atoms with van der Waals surface area (Å²) in [4.78, 5) is 18.1. The van der Waals surface area contributed by atoms with E-state index in [-0.39, 0.29) is 17.3 Å². The highest BCUT2D eigenvalue weighted by atomic mass is 16.4. The maximum Gasteiger partial charge on any atom is 0.303 e. The molecule has 0 bridgehead atoms. The number of allylic oxidation sites excluding steroid dienone is 4. The molecule has 32 heavy (non-hydrogen) atoms. The van der Waals surface area contributed by atoms with Crippen molar-refractivity contribution < 1.29 is 9.90 Å². The normalized spacial score (nSPS) is 19.3. The van der Waals surface area contributed by atoms with E-state index in [1.807, 2.05) is 6.07 Å². The predicted octanol–water partition coefficient (Wildman–Crippen LogP) is 6.54. The van der Waals surface area contributed by atoms with Crippen LogP contribution in [-0.4, -0.2) is 23.3 Å². The molecule has 0 radical (unpaired) electrons. The van der Waals surface area contributed by atoms with Gasteiger partial charge in [-0.2, -0.15) is 0 Å². The standard InChI is InChI=1S/C28H32N2O2/c1-27(2)20-12-5-7-14-22(20)29-24(27)16-11-17-25-28(3,4)21-13-6-8-15-23(21)30(25)19-10-9-18-26(31)32/h5-8,11-17H,9-10,18-19H2,1-4H3,(H,31,32)/b16-11+,25-17+. The molecule has 0 spiro atoms. The molecule has 2 aromatic carbocycles. The van der Waals surface area contributed by atoms with Gasteiger partial charge in [-0.05, 0) is 48.3 Å². The zero-order chi connectivity index (χ0) is 22.9. The van der Waals surface area contributed by atoms with Crippen LogP contribution in [0.15, 0.2) is 77.4 Å². The van der Waals surface area contributed by atoms with Crippen LogP contribution in [0.5, 0.6) is 0 Å². The van der Waals surface area contributed by atoms with Gasteiger partial charge in [0, 0.05) is 35.2 Å². The van der Waals surface area contributed by atoms with Gasteiger partial charge in [-0.15, -0.1) is 0 Å². The van der Waals surface area contributed by atoms with E-state index in [0.717, 1.165) is 24.4 Å². The molecule has 0 atom stereocenters. The monoisotopic (exact) mass is 428 g/mol. The number of nitrogens with zero attached hydrogens (tertiary/aromatic N) is 2. The molecule has 2 aliphatic rings. The minimum absolute atomic E-state index is 0.115. The summed E-state index contributed by atoms with van der Waals surface area (Å²) in [6.45, 7) is 9.77. The molecule has 4 rings (SSSR count). The first kappa shape index (κ1) is 22.1. The van der Waals surface area contributed by atoms with Crippen LogP contribution in [0.1, 0.15) is 58.1 Å². The van der Waals surface area contributed by atoms with Crippen molar-refractivity contribution in [3.63, 3.8) is 0 Å². The van der Waals surface area contributed by atoms with Crippen LogP contribution in [0.4, 0.5) is 11.4 Å². The minimum atomic E-state index is -0.730. The van der Waals surface area contributed by atoms with Crippen molar-refractivity contribution in [2.24, 2.45) is 4.99 Å². The Bertz CT molecular complexity index is 1120. The number of para-hydroxylation sites is 2. The quantitative estimate of drug-likeness (QED) is 0.509. The van der Waals surface area contributed by atoms with Gasteiger partial charge < -0.3 is 10.0 Å². The summed E-state index contributed by atoms with van der Waals surface area (Å²) >= 11 is 0. The van der Waals surface area contributed by atoms with Crippen LogP contribution >= 0.6 is 0 Å². The van der Waals surface area contributed by atoms with Crippen LogP contribution in [-0.2, 0) is 15.6 Å². The number of fused-ring (bicyclic) bond motifs is 2. The van der Waals surface area contributed by atoms with Gasteiger partial charge in [-0.25, -0.2) is 0 Å². The number of benzene rings is 2. The third-order valence-electron chi connectivity index (χ3n) is 6.79. The first-order chi connectivity index (χ1) is 15.2. The van der Waals surface area contributed by atoms with Gasteiger partial charge in [-0.1, -0.05) is 70.2 Å². The molecule has 4 heteroatoms. The number of aliphatic imine (C=N–C) groups is 1. The number of anilines is 1. The molecule has 2 aliphatic heterocycles. The number of carboxylic acids is 1. The molecule has 1 N–H and O–H groups in total. The molecule has 2 aromatic rings. The summed E-state index contributed by atoms with van der Waals surface area (Å²) in [6, 6.07) is 16.9. The molecule has 166 valence electrons. The van der Waals surface area contributed by atoms with Gasteiger partial charge in [-0.3, -0.25) is 9.79 Å². The van der Waals surface area contributed by atoms with E-state index in [2.05, 4.69) is 93.3 Å². The summed E-state index contributed by atoms with van der Waals surface area (Å²) in [7, 11) is 0. The Kier molecular flexibility index (Phi) is 5.81. The van der Waals surface area contributed by atoms with Crippen molar-refractivity contribution in [3.8, 4) is 0 Å². The molecule has 0 unspecified atom stereocenters. The van der Waals surface area contributed by atoms with E-state index >= 15 is 0 Å². The highest BCUT2D eigenvalue weighted by Crippen LogP contribution is 2.47. The Balaban J connectivity index is 1.61. The summed E-state index contributed by atoms with van der Waals surface area (Å²) in [5.41, 5.74) is 6.91. The highest BCUT2D eigenvalue weighted by Gasteiger charge is 2.39. The maximum absolute atomic E-state index is 10.9. The lowest BCUT2D eigenvalue weighted by Gasteiger charge is -2.27. The molecule has 4 nitrogen and oxygen atoms in total. The van der Waals surface area contributed by atoms with Crippen molar-refractivity contribution >= 4 is 23.1 Å². The fourth-order valence-corrected chi connectivity index (χ4v) is 4.91. The van der Waals surface area contributed by atoms with Crippen LogP contribution in [0.3, 0.4) is 0 Å². The predicted molar refractivity (Wildman–Crippen MR) is 132 cm³/mol.